The molecule has 2 aromatic rings. The lowest BCUT2D eigenvalue weighted by Gasteiger charge is -2.10. The van der Waals surface area contributed by atoms with E-state index in [0.29, 0.717) is 17.0 Å². The molecule has 0 saturated carbocycles. The first kappa shape index (κ1) is 12.5. The Hall–Kier alpha value is -1.98. The summed E-state index contributed by atoms with van der Waals surface area (Å²) in [6.45, 7) is 3.45. The third-order valence-corrected chi connectivity index (χ3v) is 2.87. The van der Waals surface area contributed by atoms with Gasteiger partial charge in [-0.2, -0.15) is 0 Å². The van der Waals surface area contributed by atoms with Crippen LogP contribution in [0.4, 0.5) is 4.39 Å². The van der Waals surface area contributed by atoms with Crippen LogP contribution in [0.2, 0.25) is 0 Å². The first-order valence-electron chi connectivity index (χ1n) is 5.60. The summed E-state index contributed by atoms with van der Waals surface area (Å²) in [5.41, 5.74) is 1.01. The van der Waals surface area contributed by atoms with Crippen molar-refractivity contribution >= 4 is 11.6 Å². The minimum Gasteiger partial charge on any atom is -0.469 e. The summed E-state index contributed by atoms with van der Waals surface area (Å²) in [6, 6.07) is 1.61. The van der Waals surface area contributed by atoms with Gasteiger partial charge in [0.2, 0.25) is 0 Å². The minimum absolute atomic E-state index is 0.279. The lowest BCUT2D eigenvalue weighted by atomic mass is 10.0. The molecule has 0 aliphatic rings. The standard InChI is InChI=1S/C12H14FN3O2/c1-7(12(17)18-3)4-9-5-11-15-14-8(2)16(11)6-10(9)13/h5-7H,4H2,1-3H3/t7-/m0/s1. The number of aromatic nitrogens is 3. The van der Waals surface area contributed by atoms with Crippen molar-refractivity contribution in [2.24, 2.45) is 5.92 Å². The van der Waals surface area contributed by atoms with E-state index in [2.05, 4.69) is 14.9 Å². The first-order valence-corrected chi connectivity index (χ1v) is 5.60. The predicted molar refractivity (Wildman–Crippen MR) is 62.6 cm³/mol. The summed E-state index contributed by atoms with van der Waals surface area (Å²) in [4.78, 5) is 11.3. The van der Waals surface area contributed by atoms with E-state index in [1.807, 2.05) is 0 Å². The number of fused-ring (bicyclic) bond motifs is 1. The van der Waals surface area contributed by atoms with Crippen molar-refractivity contribution < 1.29 is 13.9 Å². The van der Waals surface area contributed by atoms with Crippen LogP contribution in [-0.2, 0) is 16.0 Å². The second-order valence-electron chi connectivity index (χ2n) is 4.25. The molecule has 0 spiro atoms. The van der Waals surface area contributed by atoms with E-state index in [-0.39, 0.29) is 18.2 Å². The molecule has 18 heavy (non-hydrogen) atoms. The smallest absolute Gasteiger partial charge is 0.308 e. The molecule has 2 rings (SSSR count). The molecule has 1 atom stereocenters. The Kier molecular flexibility index (Phi) is 3.27. The molecule has 0 bridgehead atoms. The topological polar surface area (TPSA) is 56.5 Å². The molecule has 0 radical (unpaired) electrons. The quantitative estimate of drug-likeness (QED) is 0.776. The lowest BCUT2D eigenvalue weighted by molar-refractivity contribution is -0.144. The van der Waals surface area contributed by atoms with Crippen LogP contribution in [0.1, 0.15) is 18.3 Å². The Morgan fingerprint density at radius 1 is 1.56 bits per heavy atom. The van der Waals surface area contributed by atoms with Crippen LogP contribution >= 0.6 is 0 Å². The number of hydrogen-bond donors (Lipinski definition) is 0. The Morgan fingerprint density at radius 3 is 2.94 bits per heavy atom. The number of methoxy groups -OCH3 is 1. The minimum atomic E-state index is -0.393. The van der Waals surface area contributed by atoms with Crippen LogP contribution in [-0.4, -0.2) is 27.7 Å². The largest absolute Gasteiger partial charge is 0.469 e. The second kappa shape index (κ2) is 4.72. The summed E-state index contributed by atoms with van der Waals surface area (Å²) >= 11 is 0. The van der Waals surface area contributed by atoms with E-state index >= 15 is 0 Å². The summed E-state index contributed by atoms with van der Waals surface area (Å²) in [6.07, 6.45) is 1.62. The van der Waals surface area contributed by atoms with E-state index in [1.165, 1.54) is 13.3 Å². The number of pyridine rings is 1. The zero-order valence-electron chi connectivity index (χ0n) is 10.5. The van der Waals surface area contributed by atoms with Crippen molar-refractivity contribution in [2.75, 3.05) is 7.11 Å². The lowest BCUT2D eigenvalue weighted by Crippen LogP contribution is -2.16. The average Bonchev–Trinajstić information content (AvgIpc) is 2.70. The van der Waals surface area contributed by atoms with Gasteiger partial charge in [-0.05, 0) is 25.0 Å². The molecular weight excluding hydrogens is 237 g/mol. The number of carbonyl (C=O) groups is 1. The van der Waals surface area contributed by atoms with Crippen LogP contribution < -0.4 is 0 Å². The maximum Gasteiger partial charge on any atom is 0.308 e. The summed E-state index contributed by atoms with van der Waals surface area (Å²) in [7, 11) is 1.32. The third kappa shape index (κ3) is 2.18. The van der Waals surface area contributed by atoms with Gasteiger partial charge in [-0.25, -0.2) is 4.39 Å². The summed E-state index contributed by atoms with van der Waals surface area (Å²) in [5, 5.41) is 7.79. The number of aryl methyl sites for hydroxylation is 1. The van der Waals surface area contributed by atoms with Crippen LogP contribution in [0.15, 0.2) is 12.3 Å². The fraction of sp³-hybridized carbons (Fsp3) is 0.417. The fourth-order valence-corrected chi connectivity index (χ4v) is 1.84. The van der Waals surface area contributed by atoms with Crippen LogP contribution in [0, 0.1) is 18.7 Å². The van der Waals surface area contributed by atoms with Gasteiger partial charge < -0.3 is 4.74 Å². The normalized spacial score (nSPS) is 12.7. The van der Waals surface area contributed by atoms with Crippen molar-refractivity contribution in [3.05, 3.63) is 29.5 Å². The molecule has 0 unspecified atom stereocenters. The molecule has 6 heteroatoms. The van der Waals surface area contributed by atoms with Gasteiger partial charge in [-0.15, -0.1) is 10.2 Å². The molecule has 0 aromatic carbocycles. The summed E-state index contributed by atoms with van der Waals surface area (Å²) < 4.78 is 20.1. The highest BCUT2D eigenvalue weighted by Gasteiger charge is 2.17. The number of nitrogens with zero attached hydrogens (tertiary/aromatic N) is 3. The van der Waals surface area contributed by atoms with Gasteiger partial charge in [0.25, 0.3) is 0 Å². The molecule has 0 aliphatic carbocycles. The monoisotopic (exact) mass is 251 g/mol. The van der Waals surface area contributed by atoms with Crippen molar-refractivity contribution in [3.8, 4) is 0 Å². The fourth-order valence-electron chi connectivity index (χ4n) is 1.84. The van der Waals surface area contributed by atoms with Gasteiger partial charge in [0, 0.05) is 6.20 Å². The Morgan fingerprint density at radius 2 is 2.28 bits per heavy atom. The van der Waals surface area contributed by atoms with E-state index in [0.717, 1.165) is 0 Å². The Labute approximate surface area is 104 Å². The van der Waals surface area contributed by atoms with E-state index in [4.69, 9.17) is 0 Å². The van der Waals surface area contributed by atoms with E-state index < -0.39 is 5.92 Å². The van der Waals surface area contributed by atoms with E-state index in [9.17, 15) is 9.18 Å². The van der Waals surface area contributed by atoms with Crippen molar-refractivity contribution in [2.45, 2.75) is 20.3 Å². The number of rotatable bonds is 3. The molecule has 0 amide bonds. The maximum absolute atomic E-state index is 13.9. The maximum atomic E-state index is 13.9. The van der Waals surface area contributed by atoms with Crippen molar-refractivity contribution in [3.63, 3.8) is 0 Å². The van der Waals surface area contributed by atoms with Crippen LogP contribution in [0.3, 0.4) is 0 Å². The van der Waals surface area contributed by atoms with E-state index in [1.54, 1.807) is 24.3 Å². The molecule has 2 heterocycles. The zero-order valence-corrected chi connectivity index (χ0v) is 10.5. The Balaban J connectivity index is 2.33. The molecule has 96 valence electrons. The molecule has 0 saturated heterocycles. The number of carbonyl (C=O) groups excluding carboxylic acids is 1. The van der Waals surface area contributed by atoms with Crippen LogP contribution in [0.25, 0.3) is 5.65 Å². The van der Waals surface area contributed by atoms with Crippen LogP contribution in [0.5, 0.6) is 0 Å². The van der Waals surface area contributed by atoms with Gasteiger partial charge in [-0.1, -0.05) is 6.92 Å². The number of halogens is 1. The average molecular weight is 251 g/mol. The zero-order chi connectivity index (χ0) is 13.3. The number of esters is 1. The van der Waals surface area contributed by atoms with Gasteiger partial charge in [0.1, 0.15) is 11.6 Å². The summed E-state index contributed by atoms with van der Waals surface area (Å²) in [5.74, 6) is -0.500. The van der Waals surface area contributed by atoms with Gasteiger partial charge in [0.05, 0.1) is 13.0 Å². The Bertz CT molecular complexity index is 594. The molecule has 0 aliphatic heterocycles. The second-order valence-corrected chi connectivity index (χ2v) is 4.25. The molecule has 0 fully saturated rings. The third-order valence-electron chi connectivity index (χ3n) is 2.87. The molecular formula is C12H14FN3O2. The van der Waals surface area contributed by atoms with Gasteiger partial charge in [-0.3, -0.25) is 9.20 Å². The molecule has 5 nitrogen and oxygen atoms in total. The SMILES string of the molecule is COC(=O)[C@@H](C)Cc1cc2nnc(C)n2cc1F. The number of hydrogen-bond acceptors (Lipinski definition) is 4. The number of ether oxygens (including phenoxy) is 1. The predicted octanol–water partition coefficient (Wildman–Crippen LogP) is 1.53. The highest BCUT2D eigenvalue weighted by atomic mass is 19.1. The van der Waals surface area contributed by atoms with Crippen molar-refractivity contribution in [1.82, 2.24) is 14.6 Å². The van der Waals surface area contributed by atoms with Gasteiger partial charge in [0.15, 0.2) is 5.65 Å². The molecule has 0 N–H and O–H groups in total. The van der Waals surface area contributed by atoms with Gasteiger partial charge >= 0.3 is 5.97 Å². The highest BCUT2D eigenvalue weighted by molar-refractivity contribution is 5.72. The first-order chi connectivity index (χ1) is 8.52. The highest BCUT2D eigenvalue weighted by Crippen LogP contribution is 2.16. The molecule has 2 aromatic heterocycles. The van der Waals surface area contributed by atoms with Crippen molar-refractivity contribution in [1.29, 1.82) is 0 Å².